The minimum Gasteiger partial charge on any atom is -0.351 e. The fourth-order valence-corrected chi connectivity index (χ4v) is 1.52. The number of urea groups is 1. The van der Waals surface area contributed by atoms with E-state index in [-0.39, 0.29) is 5.82 Å². The molecule has 1 heterocycles. The third-order valence-electron chi connectivity index (χ3n) is 2.20. The summed E-state index contributed by atoms with van der Waals surface area (Å²) in [5.41, 5.74) is 6.93. The molecule has 4 heteroatoms. The van der Waals surface area contributed by atoms with Gasteiger partial charge in [-0.15, -0.1) is 0 Å². The Morgan fingerprint density at radius 3 is 2.77 bits per heavy atom. The van der Waals surface area contributed by atoms with Gasteiger partial charge in [-0.25, -0.2) is 9.18 Å². The number of fused-ring (bicyclic) bond motifs is 1. The molecule has 3 nitrogen and oxygen atoms in total. The molecule has 0 saturated heterocycles. The minimum absolute atomic E-state index is 0.273. The quantitative estimate of drug-likeness (QED) is 0.641. The van der Waals surface area contributed by atoms with E-state index < -0.39 is 6.03 Å². The third-order valence-corrected chi connectivity index (χ3v) is 2.20. The standard InChI is InChI=1S/C9H9FN2O/c10-8-2-1-6-4-12(9(11)13)5-7(6)3-8/h1-3H,4-5H2,(H2,11,13). The lowest BCUT2D eigenvalue weighted by atomic mass is 10.1. The fourth-order valence-electron chi connectivity index (χ4n) is 1.52. The summed E-state index contributed by atoms with van der Waals surface area (Å²) in [6.07, 6.45) is 0. The van der Waals surface area contributed by atoms with Crippen molar-refractivity contribution < 1.29 is 9.18 Å². The second-order valence-electron chi connectivity index (χ2n) is 3.11. The van der Waals surface area contributed by atoms with Gasteiger partial charge in [0.05, 0.1) is 0 Å². The lowest BCUT2D eigenvalue weighted by Gasteiger charge is -2.10. The van der Waals surface area contributed by atoms with Crippen LogP contribution in [0.2, 0.25) is 0 Å². The number of nitrogens with two attached hydrogens (primary N) is 1. The van der Waals surface area contributed by atoms with Gasteiger partial charge in [0.1, 0.15) is 5.82 Å². The van der Waals surface area contributed by atoms with Gasteiger partial charge >= 0.3 is 6.03 Å². The van der Waals surface area contributed by atoms with Crippen LogP contribution in [0.25, 0.3) is 0 Å². The molecule has 0 unspecified atom stereocenters. The number of nitrogens with zero attached hydrogens (tertiary/aromatic N) is 1. The third kappa shape index (κ3) is 1.35. The molecule has 68 valence electrons. The van der Waals surface area contributed by atoms with E-state index in [0.717, 1.165) is 11.1 Å². The summed E-state index contributed by atoms with van der Waals surface area (Å²) in [6.45, 7) is 0.910. The monoisotopic (exact) mass is 180 g/mol. The molecule has 0 atom stereocenters. The first-order valence-corrected chi connectivity index (χ1v) is 3.98. The summed E-state index contributed by atoms with van der Waals surface area (Å²) in [5.74, 6) is -0.273. The Morgan fingerprint density at radius 2 is 2.08 bits per heavy atom. The number of rotatable bonds is 0. The highest BCUT2D eigenvalue weighted by atomic mass is 19.1. The number of halogens is 1. The first-order valence-electron chi connectivity index (χ1n) is 3.98. The van der Waals surface area contributed by atoms with E-state index in [4.69, 9.17) is 5.73 Å². The van der Waals surface area contributed by atoms with Gasteiger partial charge in [0.15, 0.2) is 0 Å². The first kappa shape index (κ1) is 8.04. The number of benzene rings is 1. The van der Waals surface area contributed by atoms with E-state index in [1.54, 1.807) is 6.07 Å². The highest BCUT2D eigenvalue weighted by Crippen LogP contribution is 2.22. The predicted molar refractivity (Wildman–Crippen MR) is 45.2 cm³/mol. The maximum Gasteiger partial charge on any atom is 0.315 e. The minimum atomic E-state index is -0.461. The zero-order valence-corrected chi connectivity index (χ0v) is 6.96. The van der Waals surface area contributed by atoms with Crippen LogP contribution in [0.15, 0.2) is 18.2 Å². The van der Waals surface area contributed by atoms with Crippen LogP contribution in [-0.4, -0.2) is 10.9 Å². The highest BCUT2D eigenvalue weighted by molar-refractivity contribution is 5.72. The SMILES string of the molecule is NC(=O)N1Cc2ccc(F)cc2C1. The number of amides is 2. The van der Waals surface area contributed by atoms with E-state index in [2.05, 4.69) is 0 Å². The van der Waals surface area contributed by atoms with Gasteiger partial charge < -0.3 is 10.6 Å². The van der Waals surface area contributed by atoms with Crippen molar-refractivity contribution in [2.45, 2.75) is 13.1 Å². The molecule has 2 amide bonds. The van der Waals surface area contributed by atoms with Crippen LogP contribution in [0, 0.1) is 5.82 Å². The molecule has 1 aromatic rings. The fraction of sp³-hybridized carbons (Fsp3) is 0.222. The van der Waals surface area contributed by atoms with E-state index in [1.165, 1.54) is 17.0 Å². The molecule has 1 aliphatic heterocycles. The van der Waals surface area contributed by atoms with Gasteiger partial charge in [0.2, 0.25) is 0 Å². The number of hydrogen-bond donors (Lipinski definition) is 1. The van der Waals surface area contributed by atoms with E-state index >= 15 is 0 Å². The maximum absolute atomic E-state index is 12.8. The van der Waals surface area contributed by atoms with E-state index in [0.29, 0.717) is 13.1 Å². The Hall–Kier alpha value is -1.58. The summed E-state index contributed by atoms with van der Waals surface area (Å²) in [6, 6.07) is 4.06. The zero-order valence-electron chi connectivity index (χ0n) is 6.96. The van der Waals surface area contributed by atoms with Gasteiger partial charge in [0.25, 0.3) is 0 Å². The second kappa shape index (κ2) is 2.73. The van der Waals surface area contributed by atoms with E-state index in [1.807, 2.05) is 0 Å². The number of primary amides is 1. The van der Waals surface area contributed by atoms with Crippen LogP contribution in [-0.2, 0) is 13.1 Å². The maximum atomic E-state index is 12.8. The smallest absolute Gasteiger partial charge is 0.315 e. The molecule has 0 saturated carbocycles. The van der Waals surface area contributed by atoms with Gasteiger partial charge in [-0.05, 0) is 23.3 Å². The second-order valence-corrected chi connectivity index (χ2v) is 3.11. The van der Waals surface area contributed by atoms with Crippen LogP contribution >= 0.6 is 0 Å². The van der Waals surface area contributed by atoms with Crippen LogP contribution in [0.4, 0.5) is 9.18 Å². The van der Waals surface area contributed by atoms with Crippen molar-refractivity contribution in [3.05, 3.63) is 35.1 Å². The first-order chi connectivity index (χ1) is 6.16. The average molecular weight is 180 g/mol. The largest absolute Gasteiger partial charge is 0.351 e. The number of hydrogen-bond acceptors (Lipinski definition) is 1. The topological polar surface area (TPSA) is 46.3 Å². The zero-order chi connectivity index (χ0) is 9.42. The summed E-state index contributed by atoms with van der Waals surface area (Å²) in [5, 5.41) is 0. The number of carbonyl (C=O) groups is 1. The van der Waals surface area contributed by atoms with Gasteiger partial charge in [-0.2, -0.15) is 0 Å². The average Bonchev–Trinajstić information content (AvgIpc) is 2.46. The summed E-state index contributed by atoms with van der Waals surface area (Å²) in [4.78, 5) is 12.3. The van der Waals surface area contributed by atoms with E-state index in [9.17, 15) is 9.18 Å². The molecule has 0 aliphatic carbocycles. The Labute approximate surface area is 74.9 Å². The van der Waals surface area contributed by atoms with Crippen molar-refractivity contribution in [1.82, 2.24) is 4.90 Å². The molecule has 0 bridgehead atoms. The summed E-state index contributed by atoms with van der Waals surface area (Å²) >= 11 is 0. The molecular formula is C9H9FN2O. The lowest BCUT2D eigenvalue weighted by molar-refractivity contribution is 0.208. The van der Waals surface area contributed by atoms with Crippen LogP contribution < -0.4 is 5.73 Å². The van der Waals surface area contributed by atoms with Gasteiger partial charge in [-0.3, -0.25) is 0 Å². The predicted octanol–water partition coefficient (Wildman–Crippen LogP) is 1.22. The Morgan fingerprint density at radius 1 is 1.38 bits per heavy atom. The Kier molecular flexibility index (Phi) is 1.69. The molecule has 13 heavy (non-hydrogen) atoms. The highest BCUT2D eigenvalue weighted by Gasteiger charge is 2.21. The molecule has 0 fully saturated rings. The molecule has 0 radical (unpaired) electrons. The molecule has 1 aromatic carbocycles. The van der Waals surface area contributed by atoms with Gasteiger partial charge in [-0.1, -0.05) is 6.07 Å². The molecule has 2 rings (SSSR count). The van der Waals surface area contributed by atoms with Crippen molar-refractivity contribution in [2.24, 2.45) is 5.73 Å². The van der Waals surface area contributed by atoms with Crippen molar-refractivity contribution in [3.63, 3.8) is 0 Å². The molecular weight excluding hydrogens is 171 g/mol. The molecule has 0 aromatic heterocycles. The van der Waals surface area contributed by atoms with Crippen LogP contribution in [0.5, 0.6) is 0 Å². The van der Waals surface area contributed by atoms with Crippen molar-refractivity contribution in [3.8, 4) is 0 Å². The Balaban J connectivity index is 2.30. The molecule has 2 N–H and O–H groups in total. The lowest BCUT2D eigenvalue weighted by Crippen LogP contribution is -2.30. The van der Waals surface area contributed by atoms with Crippen molar-refractivity contribution in [2.75, 3.05) is 0 Å². The Bertz CT molecular complexity index is 365. The molecule has 0 spiro atoms. The van der Waals surface area contributed by atoms with Crippen molar-refractivity contribution in [1.29, 1.82) is 0 Å². The normalized spacial score (nSPS) is 14.4. The molecule has 1 aliphatic rings. The summed E-state index contributed by atoms with van der Waals surface area (Å²) in [7, 11) is 0. The number of carbonyl (C=O) groups excluding carboxylic acids is 1. The van der Waals surface area contributed by atoms with Crippen molar-refractivity contribution >= 4 is 6.03 Å². The summed E-state index contributed by atoms with van der Waals surface area (Å²) < 4.78 is 12.8. The van der Waals surface area contributed by atoms with Crippen LogP contribution in [0.3, 0.4) is 0 Å². The van der Waals surface area contributed by atoms with Gasteiger partial charge in [0, 0.05) is 13.1 Å². The van der Waals surface area contributed by atoms with Crippen LogP contribution in [0.1, 0.15) is 11.1 Å².